The Labute approximate surface area is 103 Å². The molecule has 17 heavy (non-hydrogen) atoms. The van der Waals surface area contributed by atoms with Gasteiger partial charge in [-0.1, -0.05) is 38.5 Å². The van der Waals surface area contributed by atoms with E-state index < -0.39 is 11.6 Å². The van der Waals surface area contributed by atoms with E-state index in [1.165, 1.54) is 32.1 Å². The number of hydrogen-bond acceptors (Lipinski definition) is 2. The number of hydrogen-bond donors (Lipinski definition) is 1. The van der Waals surface area contributed by atoms with Crippen LogP contribution >= 0.6 is 0 Å². The van der Waals surface area contributed by atoms with Crippen LogP contribution in [-0.4, -0.2) is 22.3 Å². The van der Waals surface area contributed by atoms with Crippen LogP contribution in [0.25, 0.3) is 0 Å². The minimum absolute atomic E-state index is 0.279. The lowest BCUT2D eigenvalue weighted by Crippen LogP contribution is -2.38. The lowest BCUT2D eigenvalue weighted by molar-refractivity contribution is -0.143. The van der Waals surface area contributed by atoms with Gasteiger partial charge in [0.05, 0.1) is 0 Å². The quantitative estimate of drug-likeness (QED) is 0.768. The Bertz CT molecular complexity index is 321. The summed E-state index contributed by atoms with van der Waals surface area (Å²) in [5, 5.41) is 9.41. The summed E-state index contributed by atoms with van der Waals surface area (Å²) in [6.45, 7) is 0. The van der Waals surface area contributed by atoms with E-state index in [-0.39, 0.29) is 5.60 Å². The molecular formula is C14H22O3. The number of aliphatic carboxylic acids is 1. The van der Waals surface area contributed by atoms with Gasteiger partial charge in [-0.15, -0.1) is 0 Å². The second-order valence-electron chi connectivity index (χ2n) is 6.14. The predicted molar refractivity (Wildman–Crippen MR) is 63.8 cm³/mol. The van der Waals surface area contributed by atoms with Crippen molar-refractivity contribution in [3.8, 4) is 0 Å². The molecule has 3 aliphatic rings. The fourth-order valence-corrected chi connectivity index (χ4v) is 4.14. The Morgan fingerprint density at radius 1 is 1.12 bits per heavy atom. The van der Waals surface area contributed by atoms with E-state index in [4.69, 9.17) is 4.74 Å². The molecule has 0 aromatic heterocycles. The molecule has 96 valence electrons. The molecule has 2 aliphatic carbocycles. The number of epoxide rings is 1. The van der Waals surface area contributed by atoms with Crippen LogP contribution in [0.5, 0.6) is 0 Å². The van der Waals surface area contributed by atoms with Gasteiger partial charge in [0.1, 0.15) is 5.60 Å². The lowest BCUT2D eigenvalue weighted by atomic mass is 9.72. The number of rotatable bonds is 3. The van der Waals surface area contributed by atoms with Crippen molar-refractivity contribution in [2.75, 3.05) is 0 Å². The van der Waals surface area contributed by atoms with Crippen LogP contribution in [0.15, 0.2) is 0 Å². The first-order valence-electron chi connectivity index (χ1n) is 7.12. The lowest BCUT2D eigenvalue weighted by Gasteiger charge is -2.28. The smallest absolute Gasteiger partial charge is 0.339 e. The van der Waals surface area contributed by atoms with E-state index in [0.717, 1.165) is 32.1 Å². The summed E-state index contributed by atoms with van der Waals surface area (Å²) in [6.07, 6.45) is 11.4. The second-order valence-corrected chi connectivity index (χ2v) is 6.14. The van der Waals surface area contributed by atoms with E-state index in [0.29, 0.717) is 5.92 Å². The van der Waals surface area contributed by atoms with Crippen molar-refractivity contribution in [2.24, 2.45) is 5.92 Å². The Hall–Kier alpha value is -0.570. The average Bonchev–Trinajstić information content (AvgIpc) is 3.00. The molecule has 0 aromatic rings. The third-order valence-corrected chi connectivity index (χ3v) is 5.11. The number of ether oxygens (including phenoxy) is 1. The highest BCUT2D eigenvalue weighted by Gasteiger charge is 2.75. The van der Waals surface area contributed by atoms with E-state index in [9.17, 15) is 9.90 Å². The Balaban J connectivity index is 1.70. The molecule has 0 amide bonds. The molecule has 0 bridgehead atoms. The molecule has 0 aromatic carbocycles. The minimum Gasteiger partial charge on any atom is -0.479 e. The van der Waals surface area contributed by atoms with Crippen molar-refractivity contribution < 1.29 is 14.6 Å². The summed E-state index contributed by atoms with van der Waals surface area (Å²) >= 11 is 0. The molecule has 3 fully saturated rings. The average molecular weight is 238 g/mol. The van der Waals surface area contributed by atoms with Gasteiger partial charge >= 0.3 is 5.97 Å². The summed E-state index contributed by atoms with van der Waals surface area (Å²) in [7, 11) is 0. The van der Waals surface area contributed by atoms with Crippen molar-refractivity contribution in [1.82, 2.24) is 0 Å². The molecule has 1 N–H and O–H groups in total. The summed E-state index contributed by atoms with van der Waals surface area (Å²) in [5.74, 6) is -0.00363. The number of fused-ring (bicyclic) bond motifs is 1. The Morgan fingerprint density at radius 3 is 2.53 bits per heavy atom. The number of carbonyl (C=O) groups is 1. The first-order valence-corrected chi connectivity index (χ1v) is 7.12. The molecule has 1 aliphatic heterocycles. The van der Waals surface area contributed by atoms with Gasteiger partial charge in [0, 0.05) is 0 Å². The summed E-state index contributed by atoms with van der Waals surface area (Å²) in [5.41, 5.74) is -1.07. The van der Waals surface area contributed by atoms with Crippen LogP contribution in [0.4, 0.5) is 0 Å². The summed E-state index contributed by atoms with van der Waals surface area (Å²) in [6, 6.07) is 0. The van der Waals surface area contributed by atoms with E-state index in [1.807, 2.05) is 0 Å². The van der Waals surface area contributed by atoms with Crippen LogP contribution in [0.3, 0.4) is 0 Å². The monoisotopic (exact) mass is 238 g/mol. The topological polar surface area (TPSA) is 49.8 Å². The molecule has 1 saturated heterocycles. The highest BCUT2D eigenvalue weighted by Crippen LogP contribution is 2.61. The predicted octanol–water partition coefficient (Wildman–Crippen LogP) is 3.12. The standard InChI is InChI=1S/C14H22O3/c15-12(16)14-9-5-4-8-13(14,17-14)10-11-6-2-1-3-7-11/h11H,1-10H2,(H,15,16). The molecule has 2 saturated carbocycles. The molecular weight excluding hydrogens is 216 g/mol. The molecule has 3 heteroatoms. The van der Waals surface area contributed by atoms with Crippen molar-refractivity contribution in [3.05, 3.63) is 0 Å². The minimum atomic E-state index is -0.789. The number of carboxylic acid groups (broad SMARTS) is 1. The maximum atomic E-state index is 11.4. The molecule has 0 radical (unpaired) electrons. The third-order valence-electron chi connectivity index (χ3n) is 5.11. The van der Waals surface area contributed by atoms with Gasteiger partial charge in [-0.3, -0.25) is 0 Å². The normalized spacial score (nSPS) is 41.9. The first-order chi connectivity index (χ1) is 8.19. The Morgan fingerprint density at radius 2 is 1.82 bits per heavy atom. The summed E-state index contributed by atoms with van der Waals surface area (Å²) in [4.78, 5) is 11.4. The third kappa shape index (κ3) is 1.70. The molecule has 1 heterocycles. The van der Waals surface area contributed by atoms with Crippen LogP contribution in [0.1, 0.15) is 64.2 Å². The van der Waals surface area contributed by atoms with Gasteiger partial charge in [0.25, 0.3) is 0 Å². The van der Waals surface area contributed by atoms with Gasteiger partial charge in [-0.25, -0.2) is 4.79 Å². The molecule has 3 nitrogen and oxygen atoms in total. The summed E-state index contributed by atoms with van der Waals surface area (Å²) < 4.78 is 5.82. The van der Waals surface area contributed by atoms with Gasteiger partial charge in [0.15, 0.2) is 5.60 Å². The fourth-order valence-electron chi connectivity index (χ4n) is 4.14. The number of carboxylic acids is 1. The van der Waals surface area contributed by atoms with Crippen LogP contribution in [-0.2, 0) is 9.53 Å². The van der Waals surface area contributed by atoms with Crippen molar-refractivity contribution in [2.45, 2.75) is 75.4 Å². The maximum Gasteiger partial charge on any atom is 0.339 e. The van der Waals surface area contributed by atoms with Crippen molar-refractivity contribution in [1.29, 1.82) is 0 Å². The highest BCUT2D eigenvalue weighted by atomic mass is 16.7. The molecule has 2 atom stereocenters. The van der Waals surface area contributed by atoms with E-state index >= 15 is 0 Å². The van der Waals surface area contributed by atoms with Crippen LogP contribution in [0, 0.1) is 5.92 Å². The second kappa shape index (κ2) is 3.98. The largest absolute Gasteiger partial charge is 0.479 e. The zero-order valence-corrected chi connectivity index (χ0v) is 10.4. The zero-order valence-electron chi connectivity index (χ0n) is 10.4. The molecule has 0 spiro atoms. The van der Waals surface area contributed by atoms with Crippen molar-refractivity contribution >= 4 is 5.97 Å². The van der Waals surface area contributed by atoms with E-state index in [2.05, 4.69) is 0 Å². The highest BCUT2D eigenvalue weighted by molar-refractivity contribution is 5.83. The zero-order chi connectivity index (χ0) is 11.9. The molecule has 3 rings (SSSR count). The fraction of sp³-hybridized carbons (Fsp3) is 0.929. The molecule has 2 unspecified atom stereocenters. The SMILES string of the molecule is O=C(O)C12CCCCC1(CC1CCCCC1)O2. The maximum absolute atomic E-state index is 11.4. The van der Waals surface area contributed by atoms with Crippen molar-refractivity contribution in [3.63, 3.8) is 0 Å². The first kappa shape index (κ1) is 11.5. The van der Waals surface area contributed by atoms with Crippen LogP contribution in [0.2, 0.25) is 0 Å². The van der Waals surface area contributed by atoms with Gasteiger partial charge in [-0.05, 0) is 31.6 Å². The van der Waals surface area contributed by atoms with E-state index in [1.54, 1.807) is 0 Å². The Kier molecular flexibility index (Phi) is 2.69. The van der Waals surface area contributed by atoms with Gasteiger partial charge in [0.2, 0.25) is 0 Å². The van der Waals surface area contributed by atoms with Gasteiger partial charge in [-0.2, -0.15) is 0 Å². The van der Waals surface area contributed by atoms with Crippen LogP contribution < -0.4 is 0 Å². The van der Waals surface area contributed by atoms with Gasteiger partial charge < -0.3 is 9.84 Å².